The molecule has 0 heterocycles. The molecule has 2 heteroatoms. The van der Waals surface area contributed by atoms with Crippen molar-refractivity contribution in [3.05, 3.63) is 35.4 Å². The molecule has 1 aromatic carbocycles. The van der Waals surface area contributed by atoms with Crippen molar-refractivity contribution in [2.45, 2.75) is 59.3 Å². The van der Waals surface area contributed by atoms with Crippen molar-refractivity contribution in [2.24, 2.45) is 0 Å². The standard InChI is InChI=1S/C18H26O2/c1-9-14-15(17(3,4)5)10-13(20-12(2)19)11-16(14)18(6,7)8/h9-11H,1H2,2-8H3. The van der Waals surface area contributed by atoms with E-state index in [0.717, 1.165) is 16.7 Å². The van der Waals surface area contributed by atoms with Gasteiger partial charge in [-0.05, 0) is 39.7 Å². The highest BCUT2D eigenvalue weighted by Crippen LogP contribution is 2.38. The third-order valence-corrected chi connectivity index (χ3v) is 3.24. The van der Waals surface area contributed by atoms with Crippen LogP contribution < -0.4 is 4.74 Å². The first kappa shape index (κ1) is 16.5. The number of rotatable bonds is 2. The van der Waals surface area contributed by atoms with Gasteiger partial charge in [-0.15, -0.1) is 0 Å². The fraction of sp³-hybridized carbons (Fsp3) is 0.500. The highest BCUT2D eigenvalue weighted by Gasteiger charge is 2.25. The first-order valence-electron chi connectivity index (χ1n) is 6.96. The number of carbonyl (C=O) groups excluding carboxylic acids is 1. The van der Waals surface area contributed by atoms with Crippen LogP contribution in [0.3, 0.4) is 0 Å². The van der Waals surface area contributed by atoms with Crippen LogP contribution in [-0.2, 0) is 15.6 Å². The average Bonchev–Trinajstić information content (AvgIpc) is 2.24. The quantitative estimate of drug-likeness (QED) is 0.569. The van der Waals surface area contributed by atoms with Crippen LogP contribution in [0.15, 0.2) is 18.7 Å². The number of carbonyl (C=O) groups is 1. The maximum Gasteiger partial charge on any atom is 0.308 e. The minimum atomic E-state index is -0.295. The molecule has 0 radical (unpaired) electrons. The van der Waals surface area contributed by atoms with Gasteiger partial charge < -0.3 is 4.74 Å². The topological polar surface area (TPSA) is 26.3 Å². The zero-order chi connectivity index (χ0) is 15.7. The Morgan fingerprint density at radius 3 is 1.70 bits per heavy atom. The summed E-state index contributed by atoms with van der Waals surface area (Å²) >= 11 is 0. The van der Waals surface area contributed by atoms with Gasteiger partial charge in [0.15, 0.2) is 0 Å². The molecule has 0 N–H and O–H groups in total. The van der Waals surface area contributed by atoms with Gasteiger partial charge in [0.05, 0.1) is 0 Å². The summed E-state index contributed by atoms with van der Waals surface area (Å²) in [6, 6.07) is 3.90. The molecule has 0 aromatic heterocycles. The molecule has 110 valence electrons. The van der Waals surface area contributed by atoms with E-state index in [4.69, 9.17) is 4.74 Å². The normalized spacial score (nSPS) is 12.2. The molecule has 0 aliphatic rings. The molecule has 0 aliphatic carbocycles. The van der Waals surface area contributed by atoms with E-state index in [1.807, 2.05) is 18.2 Å². The van der Waals surface area contributed by atoms with Crippen LogP contribution >= 0.6 is 0 Å². The Morgan fingerprint density at radius 1 is 1.05 bits per heavy atom. The van der Waals surface area contributed by atoms with E-state index in [0.29, 0.717) is 5.75 Å². The summed E-state index contributed by atoms with van der Waals surface area (Å²) in [5.41, 5.74) is 3.35. The minimum absolute atomic E-state index is 0.0420. The zero-order valence-electron chi connectivity index (χ0n) is 13.8. The second kappa shape index (κ2) is 5.43. The van der Waals surface area contributed by atoms with Gasteiger partial charge in [-0.3, -0.25) is 4.79 Å². The second-order valence-electron chi connectivity index (χ2n) is 7.23. The Kier molecular flexibility index (Phi) is 4.48. The number of hydrogen-bond donors (Lipinski definition) is 0. The van der Waals surface area contributed by atoms with Crippen molar-refractivity contribution in [1.82, 2.24) is 0 Å². The average molecular weight is 274 g/mol. The molecular formula is C18H26O2. The van der Waals surface area contributed by atoms with Crippen molar-refractivity contribution < 1.29 is 9.53 Å². The van der Waals surface area contributed by atoms with E-state index >= 15 is 0 Å². The SMILES string of the molecule is C=Cc1c(C(C)(C)C)cc(OC(C)=O)cc1C(C)(C)C. The van der Waals surface area contributed by atoms with E-state index in [9.17, 15) is 4.79 Å². The van der Waals surface area contributed by atoms with E-state index in [1.54, 1.807) is 0 Å². The summed E-state index contributed by atoms with van der Waals surface area (Å²) in [6.07, 6.45) is 1.90. The highest BCUT2D eigenvalue weighted by atomic mass is 16.5. The monoisotopic (exact) mass is 274 g/mol. The molecule has 1 rings (SSSR count). The molecule has 20 heavy (non-hydrogen) atoms. The van der Waals surface area contributed by atoms with Crippen molar-refractivity contribution in [3.8, 4) is 5.75 Å². The summed E-state index contributed by atoms with van der Waals surface area (Å²) in [4.78, 5) is 11.2. The summed E-state index contributed by atoms with van der Waals surface area (Å²) in [7, 11) is 0. The Balaban J connectivity index is 3.65. The lowest BCUT2D eigenvalue weighted by atomic mass is 9.76. The molecule has 0 spiro atoms. The van der Waals surface area contributed by atoms with Crippen molar-refractivity contribution >= 4 is 12.0 Å². The van der Waals surface area contributed by atoms with Crippen LogP contribution in [0.5, 0.6) is 5.75 Å². The summed E-state index contributed by atoms with van der Waals surface area (Å²) in [5, 5.41) is 0. The van der Waals surface area contributed by atoms with Crippen molar-refractivity contribution in [3.63, 3.8) is 0 Å². The third-order valence-electron chi connectivity index (χ3n) is 3.24. The molecule has 2 nitrogen and oxygen atoms in total. The van der Waals surface area contributed by atoms with Gasteiger partial charge in [0.2, 0.25) is 0 Å². The van der Waals surface area contributed by atoms with Crippen LogP contribution in [0.1, 0.15) is 65.2 Å². The Bertz CT molecular complexity index is 490. The maximum atomic E-state index is 11.2. The van der Waals surface area contributed by atoms with Gasteiger partial charge >= 0.3 is 5.97 Å². The van der Waals surface area contributed by atoms with Crippen molar-refractivity contribution in [2.75, 3.05) is 0 Å². The first-order chi connectivity index (χ1) is 8.96. The van der Waals surface area contributed by atoms with Gasteiger partial charge in [0, 0.05) is 6.92 Å². The Labute approximate surface area is 122 Å². The predicted molar refractivity (Wildman–Crippen MR) is 85.2 cm³/mol. The van der Waals surface area contributed by atoms with Gasteiger partial charge in [0.1, 0.15) is 5.75 Å². The van der Waals surface area contributed by atoms with Crippen LogP contribution in [0.2, 0.25) is 0 Å². The fourth-order valence-electron chi connectivity index (χ4n) is 2.31. The van der Waals surface area contributed by atoms with Crippen molar-refractivity contribution in [1.29, 1.82) is 0 Å². The van der Waals surface area contributed by atoms with Crippen LogP contribution in [0, 0.1) is 0 Å². The van der Waals surface area contributed by atoms with Crippen LogP contribution in [-0.4, -0.2) is 5.97 Å². The molecule has 0 saturated carbocycles. The summed E-state index contributed by atoms with van der Waals surface area (Å²) < 4.78 is 5.31. The number of esters is 1. The molecule has 0 unspecified atom stereocenters. The molecule has 0 saturated heterocycles. The maximum absolute atomic E-state index is 11.2. The van der Waals surface area contributed by atoms with E-state index < -0.39 is 0 Å². The molecule has 0 atom stereocenters. The molecule has 0 fully saturated rings. The molecule has 1 aromatic rings. The second-order valence-corrected chi connectivity index (χ2v) is 7.23. The molecule has 0 aliphatic heterocycles. The smallest absolute Gasteiger partial charge is 0.308 e. The lowest BCUT2D eigenvalue weighted by molar-refractivity contribution is -0.131. The number of hydrogen-bond acceptors (Lipinski definition) is 2. The predicted octanol–water partition coefficient (Wildman–Crippen LogP) is 4.85. The van der Waals surface area contributed by atoms with Gasteiger partial charge in [-0.25, -0.2) is 0 Å². The number of ether oxygens (including phenoxy) is 1. The highest BCUT2D eigenvalue weighted by molar-refractivity contribution is 5.71. The lowest BCUT2D eigenvalue weighted by Gasteiger charge is -2.29. The van der Waals surface area contributed by atoms with Crippen LogP contribution in [0.4, 0.5) is 0 Å². The first-order valence-corrected chi connectivity index (χ1v) is 6.96. The summed E-state index contributed by atoms with van der Waals surface area (Å²) in [5.74, 6) is 0.314. The van der Waals surface area contributed by atoms with Gasteiger partial charge in [-0.1, -0.05) is 54.2 Å². The Hall–Kier alpha value is -1.57. The minimum Gasteiger partial charge on any atom is -0.427 e. The number of benzene rings is 1. The molecule has 0 amide bonds. The van der Waals surface area contributed by atoms with Crippen LogP contribution in [0.25, 0.3) is 6.08 Å². The summed E-state index contributed by atoms with van der Waals surface area (Å²) in [6.45, 7) is 18.3. The zero-order valence-corrected chi connectivity index (χ0v) is 13.8. The largest absolute Gasteiger partial charge is 0.427 e. The molecular weight excluding hydrogens is 248 g/mol. The fourth-order valence-corrected chi connectivity index (χ4v) is 2.31. The van der Waals surface area contributed by atoms with E-state index in [1.165, 1.54) is 6.92 Å². The van der Waals surface area contributed by atoms with Gasteiger partial charge in [0.25, 0.3) is 0 Å². The third kappa shape index (κ3) is 3.72. The van der Waals surface area contributed by atoms with E-state index in [2.05, 4.69) is 48.1 Å². The van der Waals surface area contributed by atoms with Gasteiger partial charge in [-0.2, -0.15) is 0 Å². The van der Waals surface area contributed by atoms with E-state index in [-0.39, 0.29) is 16.8 Å². The molecule has 0 bridgehead atoms. The Morgan fingerprint density at radius 2 is 1.45 bits per heavy atom. The lowest BCUT2D eigenvalue weighted by Crippen LogP contribution is -2.20.